The molecule has 8 heteroatoms. The SMILES string of the molecule is COc1nc(C(OC)C(F)(F)F)c(F)cc1N(Cc1ccccc1)Cc1ccccc1. The maximum Gasteiger partial charge on any atom is 0.420 e. The summed E-state index contributed by atoms with van der Waals surface area (Å²) >= 11 is 0. The Bertz CT molecular complexity index is 941. The molecule has 0 bridgehead atoms. The third-order valence-electron chi connectivity index (χ3n) is 4.70. The molecule has 3 rings (SSSR count). The summed E-state index contributed by atoms with van der Waals surface area (Å²) < 4.78 is 64.4. The van der Waals surface area contributed by atoms with Crippen LogP contribution in [0, 0.1) is 5.82 Å². The van der Waals surface area contributed by atoms with Gasteiger partial charge < -0.3 is 14.4 Å². The first-order valence-corrected chi connectivity index (χ1v) is 9.50. The van der Waals surface area contributed by atoms with Crippen molar-refractivity contribution in [3.63, 3.8) is 0 Å². The summed E-state index contributed by atoms with van der Waals surface area (Å²) in [5.74, 6) is -1.24. The monoisotopic (exact) mass is 434 g/mol. The van der Waals surface area contributed by atoms with Crippen LogP contribution < -0.4 is 9.64 Å². The maximum atomic E-state index is 14.8. The molecule has 3 aromatic rings. The van der Waals surface area contributed by atoms with Crippen LogP contribution in [-0.4, -0.2) is 25.4 Å². The lowest BCUT2D eigenvalue weighted by Crippen LogP contribution is -2.27. The van der Waals surface area contributed by atoms with E-state index in [1.807, 2.05) is 60.7 Å². The van der Waals surface area contributed by atoms with Gasteiger partial charge in [0.15, 0.2) is 6.10 Å². The van der Waals surface area contributed by atoms with Crippen molar-refractivity contribution in [2.24, 2.45) is 0 Å². The molecule has 1 atom stereocenters. The molecule has 1 aromatic heterocycles. The quantitative estimate of drug-likeness (QED) is 0.427. The van der Waals surface area contributed by atoms with E-state index in [1.165, 1.54) is 7.11 Å². The van der Waals surface area contributed by atoms with Crippen LogP contribution in [0.2, 0.25) is 0 Å². The number of ether oxygens (including phenoxy) is 2. The topological polar surface area (TPSA) is 34.6 Å². The summed E-state index contributed by atoms with van der Waals surface area (Å²) in [5, 5.41) is 0. The van der Waals surface area contributed by atoms with Gasteiger partial charge in [0.1, 0.15) is 17.2 Å². The summed E-state index contributed by atoms with van der Waals surface area (Å²) in [4.78, 5) is 5.65. The Morgan fingerprint density at radius 1 is 0.903 bits per heavy atom. The molecule has 0 N–H and O–H groups in total. The second-order valence-electron chi connectivity index (χ2n) is 6.87. The lowest BCUT2D eigenvalue weighted by atomic mass is 10.1. The molecule has 0 aliphatic rings. The van der Waals surface area contributed by atoms with Crippen LogP contribution in [0.15, 0.2) is 66.7 Å². The highest BCUT2D eigenvalue weighted by atomic mass is 19.4. The van der Waals surface area contributed by atoms with E-state index in [2.05, 4.69) is 9.72 Å². The summed E-state index contributed by atoms with van der Waals surface area (Å²) in [5.41, 5.74) is 1.26. The third-order valence-corrected chi connectivity index (χ3v) is 4.70. The van der Waals surface area contributed by atoms with Crippen LogP contribution in [0.25, 0.3) is 0 Å². The van der Waals surface area contributed by atoms with Crippen LogP contribution in [0.4, 0.5) is 23.2 Å². The second kappa shape index (κ2) is 9.78. The standard InChI is InChI=1S/C23H22F4N2O2/c1-30-21(23(25,26)27)20-18(24)13-19(22(28-20)31-2)29(14-16-9-5-3-6-10-16)15-17-11-7-4-8-12-17/h3-13,21H,14-15H2,1-2H3. The fourth-order valence-electron chi connectivity index (χ4n) is 3.27. The van der Waals surface area contributed by atoms with Gasteiger partial charge in [0.25, 0.3) is 0 Å². The number of pyridine rings is 1. The Balaban J connectivity index is 2.05. The molecule has 1 unspecified atom stereocenters. The van der Waals surface area contributed by atoms with Crippen LogP contribution in [0.5, 0.6) is 5.88 Å². The number of methoxy groups -OCH3 is 2. The van der Waals surface area contributed by atoms with Crippen LogP contribution in [0.1, 0.15) is 22.9 Å². The van der Waals surface area contributed by atoms with Gasteiger partial charge in [-0.15, -0.1) is 0 Å². The van der Waals surface area contributed by atoms with Crippen LogP contribution >= 0.6 is 0 Å². The first-order chi connectivity index (χ1) is 14.8. The number of hydrogen-bond acceptors (Lipinski definition) is 4. The molecule has 0 fully saturated rings. The molecular formula is C23H22F4N2O2. The summed E-state index contributed by atoms with van der Waals surface area (Å²) in [7, 11) is 2.14. The molecule has 31 heavy (non-hydrogen) atoms. The number of aromatic nitrogens is 1. The van der Waals surface area contributed by atoms with Gasteiger partial charge in [-0.05, 0) is 11.1 Å². The molecule has 2 aromatic carbocycles. The molecule has 0 saturated carbocycles. The predicted octanol–water partition coefficient (Wildman–Crippen LogP) is 5.69. The van der Waals surface area contributed by atoms with Crippen molar-refractivity contribution in [2.75, 3.05) is 19.1 Å². The zero-order valence-electron chi connectivity index (χ0n) is 17.1. The highest BCUT2D eigenvalue weighted by Gasteiger charge is 2.44. The molecule has 0 amide bonds. The Labute approximate surface area is 178 Å². The number of nitrogens with zero attached hydrogens (tertiary/aromatic N) is 2. The van der Waals surface area contributed by atoms with Gasteiger partial charge in [0.2, 0.25) is 5.88 Å². The lowest BCUT2D eigenvalue weighted by Gasteiger charge is -2.27. The van der Waals surface area contributed by atoms with Gasteiger partial charge in [-0.25, -0.2) is 9.37 Å². The Kier molecular flexibility index (Phi) is 7.12. The molecule has 4 nitrogen and oxygen atoms in total. The van der Waals surface area contributed by atoms with Gasteiger partial charge >= 0.3 is 6.18 Å². The first kappa shape index (κ1) is 22.6. The van der Waals surface area contributed by atoms with E-state index in [4.69, 9.17) is 4.74 Å². The molecule has 0 aliphatic carbocycles. The number of benzene rings is 2. The van der Waals surface area contributed by atoms with E-state index in [0.29, 0.717) is 13.1 Å². The average molecular weight is 434 g/mol. The summed E-state index contributed by atoms with van der Waals surface area (Å²) in [6.45, 7) is 0.749. The summed E-state index contributed by atoms with van der Waals surface area (Å²) in [6, 6.07) is 19.9. The van der Waals surface area contributed by atoms with E-state index in [1.54, 1.807) is 4.90 Å². The zero-order valence-corrected chi connectivity index (χ0v) is 17.1. The Hall–Kier alpha value is -3.13. The number of anilines is 1. The van der Waals surface area contributed by atoms with E-state index < -0.39 is 23.8 Å². The molecule has 0 saturated heterocycles. The molecule has 0 aliphatic heterocycles. The number of halogens is 4. The molecule has 1 heterocycles. The van der Waals surface area contributed by atoms with Crippen molar-refractivity contribution in [3.8, 4) is 5.88 Å². The van der Waals surface area contributed by atoms with Gasteiger partial charge in [0.05, 0.1) is 7.11 Å². The van der Waals surface area contributed by atoms with E-state index in [9.17, 15) is 17.6 Å². The maximum absolute atomic E-state index is 14.8. The molecular weight excluding hydrogens is 412 g/mol. The van der Waals surface area contributed by atoms with Crippen molar-refractivity contribution in [1.82, 2.24) is 4.98 Å². The fourth-order valence-corrected chi connectivity index (χ4v) is 3.27. The highest BCUT2D eigenvalue weighted by Crippen LogP contribution is 2.39. The second-order valence-corrected chi connectivity index (χ2v) is 6.87. The fraction of sp³-hybridized carbons (Fsp3) is 0.261. The number of rotatable bonds is 8. The van der Waals surface area contributed by atoms with E-state index >= 15 is 0 Å². The summed E-state index contributed by atoms with van der Waals surface area (Å²) in [6.07, 6.45) is -7.31. The van der Waals surface area contributed by atoms with Crippen LogP contribution in [-0.2, 0) is 17.8 Å². The zero-order chi connectivity index (χ0) is 22.4. The first-order valence-electron chi connectivity index (χ1n) is 9.50. The number of hydrogen-bond donors (Lipinski definition) is 0. The molecule has 0 spiro atoms. The van der Waals surface area contributed by atoms with E-state index in [-0.39, 0.29) is 11.6 Å². The third kappa shape index (κ3) is 5.52. The van der Waals surface area contributed by atoms with Crippen molar-refractivity contribution in [3.05, 3.63) is 89.4 Å². The van der Waals surface area contributed by atoms with Gasteiger partial charge in [-0.2, -0.15) is 13.2 Å². The van der Waals surface area contributed by atoms with Crippen molar-refractivity contribution >= 4 is 5.69 Å². The van der Waals surface area contributed by atoms with Gasteiger partial charge in [-0.3, -0.25) is 0 Å². The smallest absolute Gasteiger partial charge is 0.420 e. The molecule has 0 radical (unpaired) electrons. The molecule has 164 valence electrons. The van der Waals surface area contributed by atoms with Gasteiger partial charge in [-0.1, -0.05) is 60.7 Å². The largest absolute Gasteiger partial charge is 0.480 e. The van der Waals surface area contributed by atoms with Crippen LogP contribution in [0.3, 0.4) is 0 Å². The van der Waals surface area contributed by atoms with Crippen molar-refractivity contribution in [2.45, 2.75) is 25.4 Å². The van der Waals surface area contributed by atoms with Crippen molar-refractivity contribution < 1.29 is 27.0 Å². The average Bonchev–Trinajstić information content (AvgIpc) is 2.75. The van der Waals surface area contributed by atoms with Crippen molar-refractivity contribution in [1.29, 1.82) is 0 Å². The minimum atomic E-state index is -4.82. The highest BCUT2D eigenvalue weighted by molar-refractivity contribution is 5.57. The van der Waals surface area contributed by atoms with Gasteiger partial charge in [0, 0.05) is 26.3 Å². The van der Waals surface area contributed by atoms with E-state index in [0.717, 1.165) is 24.3 Å². The Morgan fingerprint density at radius 3 is 1.84 bits per heavy atom. The Morgan fingerprint density at radius 2 is 1.42 bits per heavy atom. The normalized spacial score (nSPS) is 12.5. The predicted molar refractivity (Wildman–Crippen MR) is 109 cm³/mol. The minimum Gasteiger partial charge on any atom is -0.480 e. The minimum absolute atomic E-state index is 0.116. The number of alkyl halides is 3. The lowest BCUT2D eigenvalue weighted by molar-refractivity contribution is -0.218.